The molecule has 162 valence electrons. The van der Waals surface area contributed by atoms with Crippen molar-refractivity contribution in [1.82, 2.24) is 4.98 Å². The minimum Gasteiger partial charge on any atom is -0.263 e. The summed E-state index contributed by atoms with van der Waals surface area (Å²) >= 11 is 7.44. The van der Waals surface area contributed by atoms with Gasteiger partial charge in [0.25, 0.3) is 0 Å². The van der Waals surface area contributed by atoms with Crippen molar-refractivity contribution >= 4 is 47.0 Å². The third-order valence-corrected chi connectivity index (χ3v) is 11.1. The Morgan fingerprint density at radius 1 is 0.412 bits per heavy atom. The molecule has 3 heterocycles. The lowest BCUT2D eigenvalue weighted by molar-refractivity contribution is 1.15. The fourth-order valence-electron chi connectivity index (χ4n) is 4.29. The molecular weight excluding hydrogens is 491 g/mol. The topological polar surface area (TPSA) is 12.9 Å². The maximum absolute atomic E-state index is 4.69. The first-order valence-electron chi connectivity index (χ1n) is 10.9. The molecule has 7 rings (SSSR count). The Bertz CT molecular complexity index is 1460. The summed E-state index contributed by atoms with van der Waals surface area (Å²) in [5.74, 6) is 0. The smallest absolute Gasteiger partial charge is 0.0347 e. The summed E-state index contributed by atoms with van der Waals surface area (Å²) in [4.78, 5) is 15.3. The molecule has 0 saturated carbocycles. The first-order chi connectivity index (χ1) is 16.8. The highest BCUT2D eigenvalue weighted by atomic mass is 32.2. The highest BCUT2D eigenvalue weighted by molar-refractivity contribution is 8.05. The van der Waals surface area contributed by atoms with E-state index in [0.717, 1.165) is 11.1 Å². The van der Waals surface area contributed by atoms with Crippen molar-refractivity contribution in [3.8, 4) is 22.3 Å². The van der Waals surface area contributed by atoms with Gasteiger partial charge in [-0.15, -0.1) is 0 Å². The molecule has 0 atom stereocenters. The molecule has 0 N–H and O–H groups in total. The summed E-state index contributed by atoms with van der Waals surface area (Å²) in [7, 11) is 0. The summed E-state index contributed by atoms with van der Waals surface area (Å²) in [5.41, 5.74) is 4.81. The van der Waals surface area contributed by atoms with E-state index in [1.807, 2.05) is 59.4 Å². The lowest BCUT2D eigenvalue weighted by atomic mass is 10.0. The number of pyridine rings is 1. The van der Waals surface area contributed by atoms with Crippen molar-refractivity contribution in [2.45, 2.75) is 39.2 Å². The van der Waals surface area contributed by atoms with E-state index in [0.29, 0.717) is 0 Å². The Kier molecular flexibility index (Phi) is 5.24. The SMILES string of the molecule is c1ccc2c(c1)Sc1cccc(-c3cncc(-c4cccc5c4Sc4ccccc4S5)c3)c1S2. The first kappa shape index (κ1) is 20.8. The van der Waals surface area contributed by atoms with Crippen molar-refractivity contribution in [3.63, 3.8) is 0 Å². The standard InChI is InChI=1S/C29H17NS4/c1-3-11-24-22(9-1)31-26-13-5-7-20(28(26)33-24)18-15-19(17-30-16-18)21-8-6-14-27-29(21)34-25-12-4-2-10-23(25)32-27/h1-17H. The number of aromatic nitrogens is 1. The summed E-state index contributed by atoms with van der Waals surface area (Å²) in [6.45, 7) is 0. The first-order valence-corrected chi connectivity index (χ1v) is 14.2. The van der Waals surface area contributed by atoms with Crippen LogP contribution >= 0.6 is 47.0 Å². The molecule has 1 aromatic heterocycles. The largest absolute Gasteiger partial charge is 0.263 e. The molecule has 34 heavy (non-hydrogen) atoms. The average molecular weight is 508 g/mol. The number of nitrogens with zero attached hydrogens (tertiary/aromatic N) is 1. The Hall–Kier alpha value is -2.57. The van der Waals surface area contributed by atoms with Gasteiger partial charge in [0, 0.05) is 62.7 Å². The number of hydrogen-bond donors (Lipinski definition) is 0. The maximum atomic E-state index is 4.69. The van der Waals surface area contributed by atoms with Crippen molar-refractivity contribution in [1.29, 1.82) is 0 Å². The Labute approximate surface area is 215 Å². The van der Waals surface area contributed by atoms with Gasteiger partial charge in [-0.25, -0.2) is 0 Å². The van der Waals surface area contributed by atoms with Gasteiger partial charge >= 0.3 is 0 Å². The predicted molar refractivity (Wildman–Crippen MR) is 144 cm³/mol. The summed E-state index contributed by atoms with van der Waals surface area (Å²) in [6.07, 6.45) is 3.99. The third-order valence-electron chi connectivity index (χ3n) is 5.88. The van der Waals surface area contributed by atoms with Gasteiger partial charge in [-0.05, 0) is 53.6 Å². The summed E-state index contributed by atoms with van der Waals surface area (Å²) < 4.78 is 0. The van der Waals surface area contributed by atoms with Crippen LogP contribution in [0.3, 0.4) is 0 Å². The van der Waals surface area contributed by atoms with Gasteiger partial charge in [-0.3, -0.25) is 4.98 Å². The van der Waals surface area contributed by atoms with E-state index in [2.05, 4.69) is 91.0 Å². The lowest BCUT2D eigenvalue weighted by Crippen LogP contribution is -1.95. The Morgan fingerprint density at radius 3 is 1.29 bits per heavy atom. The van der Waals surface area contributed by atoms with E-state index in [4.69, 9.17) is 4.98 Å². The highest BCUT2D eigenvalue weighted by Crippen LogP contribution is 2.53. The molecule has 0 bridgehead atoms. The van der Waals surface area contributed by atoms with Crippen LogP contribution in [0.2, 0.25) is 0 Å². The normalized spacial score (nSPS) is 13.4. The van der Waals surface area contributed by atoms with Crippen LogP contribution in [0.4, 0.5) is 0 Å². The van der Waals surface area contributed by atoms with Gasteiger partial charge < -0.3 is 0 Å². The van der Waals surface area contributed by atoms with Crippen LogP contribution in [0.5, 0.6) is 0 Å². The Morgan fingerprint density at radius 2 is 0.824 bits per heavy atom. The fraction of sp³-hybridized carbons (Fsp3) is 0. The van der Waals surface area contributed by atoms with Crippen LogP contribution in [0, 0.1) is 0 Å². The molecule has 2 aliphatic rings. The fourth-order valence-corrected chi connectivity index (χ4v) is 9.09. The van der Waals surface area contributed by atoms with Crippen molar-refractivity contribution < 1.29 is 0 Å². The zero-order valence-electron chi connectivity index (χ0n) is 17.9. The lowest BCUT2D eigenvalue weighted by Gasteiger charge is -2.22. The molecule has 4 aromatic carbocycles. The molecule has 2 aliphatic heterocycles. The summed E-state index contributed by atoms with van der Waals surface area (Å²) in [6, 6.07) is 32.8. The van der Waals surface area contributed by atoms with E-state index in [9.17, 15) is 0 Å². The van der Waals surface area contributed by atoms with E-state index >= 15 is 0 Å². The van der Waals surface area contributed by atoms with Crippen LogP contribution in [-0.4, -0.2) is 4.98 Å². The summed E-state index contributed by atoms with van der Waals surface area (Å²) in [5, 5.41) is 0. The number of fused-ring (bicyclic) bond motifs is 4. The minimum absolute atomic E-state index is 1.16. The van der Waals surface area contributed by atoms with Crippen molar-refractivity contribution in [3.05, 3.63) is 103 Å². The zero-order chi connectivity index (χ0) is 22.5. The predicted octanol–water partition coefficient (Wildman–Crippen LogP) is 9.65. The van der Waals surface area contributed by atoms with Gasteiger partial charge in [-0.2, -0.15) is 0 Å². The van der Waals surface area contributed by atoms with Crippen molar-refractivity contribution in [2.24, 2.45) is 0 Å². The molecule has 0 radical (unpaired) electrons. The van der Waals surface area contributed by atoms with Crippen LogP contribution in [0.15, 0.2) is 143 Å². The van der Waals surface area contributed by atoms with Crippen LogP contribution in [0.25, 0.3) is 22.3 Å². The molecule has 0 fully saturated rings. The highest BCUT2D eigenvalue weighted by Gasteiger charge is 2.22. The molecule has 0 aliphatic carbocycles. The van der Waals surface area contributed by atoms with Gasteiger partial charge in [0.05, 0.1) is 0 Å². The van der Waals surface area contributed by atoms with Gasteiger partial charge in [-0.1, -0.05) is 95.6 Å². The molecule has 0 amide bonds. The van der Waals surface area contributed by atoms with Crippen LogP contribution < -0.4 is 0 Å². The van der Waals surface area contributed by atoms with Gasteiger partial charge in [0.1, 0.15) is 0 Å². The molecule has 0 spiro atoms. The second kappa shape index (κ2) is 8.58. The second-order valence-corrected chi connectivity index (χ2v) is 12.3. The Balaban J connectivity index is 1.31. The monoisotopic (exact) mass is 507 g/mol. The third kappa shape index (κ3) is 3.59. The maximum Gasteiger partial charge on any atom is 0.0347 e. The van der Waals surface area contributed by atoms with E-state index in [1.54, 1.807) is 0 Å². The van der Waals surface area contributed by atoms with E-state index < -0.39 is 0 Å². The molecule has 5 heteroatoms. The molecular formula is C29H17NS4. The second-order valence-electron chi connectivity index (χ2n) is 8.03. The number of rotatable bonds is 2. The van der Waals surface area contributed by atoms with Crippen molar-refractivity contribution in [2.75, 3.05) is 0 Å². The molecule has 1 nitrogen and oxygen atoms in total. The quantitative estimate of drug-likeness (QED) is 0.230. The number of hydrogen-bond acceptors (Lipinski definition) is 5. The van der Waals surface area contributed by atoms with E-state index in [1.165, 1.54) is 50.3 Å². The van der Waals surface area contributed by atoms with Gasteiger partial charge in [0.15, 0.2) is 0 Å². The molecule has 5 aromatic rings. The molecule has 0 unspecified atom stereocenters. The van der Waals surface area contributed by atoms with Crippen LogP contribution in [-0.2, 0) is 0 Å². The zero-order valence-corrected chi connectivity index (χ0v) is 21.2. The van der Waals surface area contributed by atoms with Crippen LogP contribution in [0.1, 0.15) is 0 Å². The number of benzene rings is 4. The van der Waals surface area contributed by atoms with Gasteiger partial charge in [0.2, 0.25) is 0 Å². The minimum atomic E-state index is 1.16. The molecule has 0 saturated heterocycles. The van der Waals surface area contributed by atoms with E-state index in [-0.39, 0.29) is 0 Å². The average Bonchev–Trinajstić information content (AvgIpc) is 2.90.